The van der Waals surface area contributed by atoms with Crippen molar-refractivity contribution in [1.29, 1.82) is 0 Å². The molecule has 7 nitrogen and oxygen atoms in total. The van der Waals surface area contributed by atoms with Crippen LogP contribution >= 0.6 is 0 Å². The standard InChI is InChI=1S/C13H23N3O4/c1-15(20)10-8-14-11(17)5-3-2-4-9-16-12(18)6-7-13(16)19/h20H,2-10H2,1H3,(H,14,17). The lowest BCUT2D eigenvalue weighted by Gasteiger charge is -2.13. The molecule has 1 fully saturated rings. The lowest BCUT2D eigenvalue weighted by Crippen LogP contribution is -2.31. The predicted octanol–water partition coefficient (Wildman–Crippen LogP) is 0.133. The zero-order chi connectivity index (χ0) is 15.0. The van der Waals surface area contributed by atoms with E-state index in [2.05, 4.69) is 5.32 Å². The van der Waals surface area contributed by atoms with Crippen molar-refractivity contribution in [3.8, 4) is 0 Å². The summed E-state index contributed by atoms with van der Waals surface area (Å²) in [5.74, 6) is -0.207. The average molecular weight is 285 g/mol. The molecule has 0 bridgehead atoms. The number of hydrogen-bond donors (Lipinski definition) is 2. The van der Waals surface area contributed by atoms with Gasteiger partial charge in [0, 0.05) is 45.9 Å². The highest BCUT2D eigenvalue weighted by Crippen LogP contribution is 2.13. The third-order valence-electron chi connectivity index (χ3n) is 3.20. The van der Waals surface area contributed by atoms with Crippen molar-refractivity contribution in [2.45, 2.75) is 38.5 Å². The summed E-state index contributed by atoms with van der Waals surface area (Å²) in [5, 5.41) is 12.6. The van der Waals surface area contributed by atoms with Crippen LogP contribution in [0.3, 0.4) is 0 Å². The second-order valence-corrected chi connectivity index (χ2v) is 4.98. The van der Waals surface area contributed by atoms with E-state index in [1.165, 1.54) is 11.9 Å². The molecule has 20 heavy (non-hydrogen) atoms. The Kier molecular flexibility index (Phi) is 7.17. The van der Waals surface area contributed by atoms with Gasteiger partial charge in [-0.1, -0.05) is 6.42 Å². The maximum Gasteiger partial charge on any atom is 0.229 e. The fourth-order valence-electron chi connectivity index (χ4n) is 2.05. The fraction of sp³-hybridized carbons (Fsp3) is 0.769. The minimum atomic E-state index is -0.0825. The highest BCUT2D eigenvalue weighted by atomic mass is 16.5. The molecule has 0 spiro atoms. The molecule has 1 rings (SSSR count). The van der Waals surface area contributed by atoms with Crippen LogP contribution in [-0.4, -0.2) is 59.6 Å². The average Bonchev–Trinajstić information content (AvgIpc) is 2.69. The van der Waals surface area contributed by atoms with Gasteiger partial charge in [0.2, 0.25) is 17.7 Å². The Morgan fingerprint density at radius 3 is 2.50 bits per heavy atom. The normalized spacial score (nSPS) is 15.2. The molecule has 0 atom stereocenters. The summed E-state index contributed by atoms with van der Waals surface area (Å²) >= 11 is 0. The van der Waals surface area contributed by atoms with Crippen LogP contribution in [0.2, 0.25) is 0 Å². The molecule has 1 aliphatic rings. The maximum atomic E-state index is 11.4. The summed E-state index contributed by atoms with van der Waals surface area (Å²) in [7, 11) is 1.52. The Morgan fingerprint density at radius 2 is 1.90 bits per heavy atom. The van der Waals surface area contributed by atoms with E-state index < -0.39 is 0 Å². The summed E-state index contributed by atoms with van der Waals surface area (Å²) in [6.07, 6.45) is 3.38. The van der Waals surface area contributed by atoms with Gasteiger partial charge in [0.15, 0.2) is 0 Å². The number of imide groups is 1. The first-order chi connectivity index (χ1) is 9.50. The molecule has 1 aliphatic heterocycles. The van der Waals surface area contributed by atoms with E-state index in [1.54, 1.807) is 0 Å². The topological polar surface area (TPSA) is 89.9 Å². The van der Waals surface area contributed by atoms with Crippen molar-refractivity contribution in [2.24, 2.45) is 0 Å². The minimum absolute atomic E-state index is 0.0415. The van der Waals surface area contributed by atoms with E-state index in [4.69, 9.17) is 5.21 Å². The van der Waals surface area contributed by atoms with E-state index in [1.807, 2.05) is 0 Å². The summed E-state index contributed by atoms with van der Waals surface area (Å²) < 4.78 is 0. The molecule has 0 aromatic rings. The molecular weight excluding hydrogens is 262 g/mol. The second kappa shape index (κ2) is 8.65. The number of likely N-dealkylation sites (tertiary alicyclic amines) is 1. The van der Waals surface area contributed by atoms with Crippen molar-refractivity contribution in [1.82, 2.24) is 15.3 Å². The highest BCUT2D eigenvalue weighted by molar-refractivity contribution is 6.01. The van der Waals surface area contributed by atoms with Crippen molar-refractivity contribution < 1.29 is 19.6 Å². The number of nitrogens with zero attached hydrogens (tertiary/aromatic N) is 2. The van der Waals surface area contributed by atoms with E-state index in [-0.39, 0.29) is 17.7 Å². The summed E-state index contributed by atoms with van der Waals surface area (Å²) in [6.45, 7) is 1.28. The number of hydrogen-bond acceptors (Lipinski definition) is 5. The van der Waals surface area contributed by atoms with Crippen LogP contribution in [0.25, 0.3) is 0 Å². The lowest BCUT2D eigenvalue weighted by atomic mass is 10.2. The summed E-state index contributed by atoms with van der Waals surface area (Å²) in [4.78, 5) is 35.4. The predicted molar refractivity (Wildman–Crippen MR) is 71.8 cm³/mol. The monoisotopic (exact) mass is 285 g/mol. The first-order valence-corrected chi connectivity index (χ1v) is 7.00. The molecule has 0 unspecified atom stereocenters. The van der Waals surface area contributed by atoms with Gasteiger partial charge in [-0.25, -0.2) is 0 Å². The van der Waals surface area contributed by atoms with Crippen molar-refractivity contribution >= 4 is 17.7 Å². The molecule has 0 aromatic carbocycles. The first kappa shape index (κ1) is 16.6. The Bertz CT molecular complexity index is 342. The van der Waals surface area contributed by atoms with Gasteiger partial charge in [0.25, 0.3) is 0 Å². The van der Waals surface area contributed by atoms with Crippen molar-refractivity contribution in [2.75, 3.05) is 26.7 Å². The minimum Gasteiger partial charge on any atom is -0.355 e. The van der Waals surface area contributed by atoms with E-state index in [0.29, 0.717) is 38.9 Å². The van der Waals surface area contributed by atoms with Gasteiger partial charge in [-0.05, 0) is 12.8 Å². The zero-order valence-corrected chi connectivity index (χ0v) is 11.9. The maximum absolute atomic E-state index is 11.4. The number of carbonyl (C=O) groups is 3. The van der Waals surface area contributed by atoms with Gasteiger partial charge in [-0.2, -0.15) is 5.06 Å². The Morgan fingerprint density at radius 1 is 1.25 bits per heavy atom. The SMILES string of the molecule is CN(O)CCNC(=O)CCCCCN1C(=O)CCC1=O. The van der Waals surface area contributed by atoms with Gasteiger partial charge in [-0.15, -0.1) is 0 Å². The summed E-state index contributed by atoms with van der Waals surface area (Å²) in [6, 6.07) is 0. The molecule has 0 aromatic heterocycles. The number of nitrogens with one attached hydrogen (secondary N) is 1. The highest BCUT2D eigenvalue weighted by Gasteiger charge is 2.27. The molecule has 0 saturated carbocycles. The molecule has 114 valence electrons. The smallest absolute Gasteiger partial charge is 0.229 e. The molecule has 1 heterocycles. The third kappa shape index (κ3) is 6.12. The van der Waals surface area contributed by atoms with Gasteiger partial charge in [0.1, 0.15) is 0 Å². The number of likely N-dealkylation sites (N-methyl/N-ethyl adjacent to an activating group) is 1. The molecule has 3 amide bonds. The first-order valence-electron chi connectivity index (χ1n) is 7.00. The number of hydroxylamine groups is 2. The third-order valence-corrected chi connectivity index (χ3v) is 3.20. The molecular formula is C13H23N3O4. The Labute approximate surface area is 118 Å². The number of carbonyl (C=O) groups excluding carboxylic acids is 3. The fourth-order valence-corrected chi connectivity index (χ4v) is 2.05. The second-order valence-electron chi connectivity index (χ2n) is 4.98. The van der Waals surface area contributed by atoms with Crippen LogP contribution in [0.5, 0.6) is 0 Å². The van der Waals surface area contributed by atoms with Crippen LogP contribution < -0.4 is 5.32 Å². The van der Waals surface area contributed by atoms with Gasteiger partial charge < -0.3 is 10.5 Å². The van der Waals surface area contributed by atoms with E-state index in [0.717, 1.165) is 24.3 Å². The van der Waals surface area contributed by atoms with Crippen LogP contribution in [0.4, 0.5) is 0 Å². The van der Waals surface area contributed by atoms with Crippen molar-refractivity contribution in [3.05, 3.63) is 0 Å². The molecule has 0 aliphatic carbocycles. The van der Waals surface area contributed by atoms with Crippen LogP contribution in [-0.2, 0) is 14.4 Å². The largest absolute Gasteiger partial charge is 0.355 e. The van der Waals surface area contributed by atoms with Gasteiger partial charge >= 0.3 is 0 Å². The van der Waals surface area contributed by atoms with E-state index >= 15 is 0 Å². The van der Waals surface area contributed by atoms with E-state index in [9.17, 15) is 14.4 Å². The number of amides is 3. The molecule has 7 heteroatoms. The number of rotatable bonds is 9. The zero-order valence-electron chi connectivity index (χ0n) is 11.9. The van der Waals surface area contributed by atoms with Crippen LogP contribution in [0.1, 0.15) is 38.5 Å². The summed E-state index contributed by atoms with van der Waals surface area (Å²) in [5.41, 5.74) is 0. The van der Waals surface area contributed by atoms with Crippen molar-refractivity contribution in [3.63, 3.8) is 0 Å². The van der Waals surface area contributed by atoms with Crippen LogP contribution in [0.15, 0.2) is 0 Å². The molecule has 1 saturated heterocycles. The Balaban J connectivity index is 2.00. The van der Waals surface area contributed by atoms with Crippen LogP contribution in [0, 0.1) is 0 Å². The number of unbranched alkanes of at least 4 members (excludes halogenated alkanes) is 2. The van der Waals surface area contributed by atoms with Gasteiger partial charge in [0.05, 0.1) is 0 Å². The van der Waals surface area contributed by atoms with Gasteiger partial charge in [-0.3, -0.25) is 19.3 Å². The molecule has 2 N–H and O–H groups in total. The molecule has 0 radical (unpaired) electrons. The lowest BCUT2D eigenvalue weighted by molar-refractivity contribution is -0.138. The quantitative estimate of drug-likeness (QED) is 0.357. The Hall–Kier alpha value is -1.47.